The molecule has 6 nitrogen and oxygen atoms in total. The van der Waals surface area contributed by atoms with E-state index in [0.29, 0.717) is 11.3 Å². The van der Waals surface area contributed by atoms with Gasteiger partial charge in [-0.2, -0.15) is 5.10 Å². The Hall–Kier alpha value is -3.85. The number of sulfone groups is 1. The number of aromatic nitrogens is 2. The first-order chi connectivity index (χ1) is 15.2. The molecule has 4 aromatic rings. The number of anilines is 1. The van der Waals surface area contributed by atoms with Gasteiger partial charge in [-0.15, -0.1) is 0 Å². The maximum Gasteiger partial charge on any atom is 0.259 e. The molecule has 4 rings (SSSR count). The largest absolute Gasteiger partial charge is 0.322 e. The molecule has 1 heterocycles. The first-order valence-electron chi connectivity index (χ1n) is 9.44. The van der Waals surface area contributed by atoms with Crippen molar-refractivity contribution >= 4 is 21.4 Å². The van der Waals surface area contributed by atoms with E-state index in [1.807, 2.05) is 0 Å². The summed E-state index contributed by atoms with van der Waals surface area (Å²) in [6, 6.07) is 17.0. The lowest BCUT2D eigenvalue weighted by atomic mass is 10.1. The minimum atomic E-state index is -3.39. The molecule has 1 aromatic heterocycles. The van der Waals surface area contributed by atoms with Crippen molar-refractivity contribution in [2.75, 3.05) is 11.6 Å². The number of benzene rings is 3. The second-order valence-corrected chi connectivity index (χ2v) is 9.09. The predicted octanol–water partition coefficient (Wildman–Crippen LogP) is 4.47. The first kappa shape index (κ1) is 21.4. The smallest absolute Gasteiger partial charge is 0.259 e. The lowest BCUT2D eigenvalue weighted by Gasteiger charge is -2.06. The zero-order chi connectivity index (χ0) is 22.9. The number of hydrogen-bond acceptors (Lipinski definition) is 4. The van der Waals surface area contributed by atoms with Crippen LogP contribution in [0.5, 0.6) is 0 Å². The van der Waals surface area contributed by atoms with Crippen molar-refractivity contribution in [1.29, 1.82) is 0 Å². The topological polar surface area (TPSA) is 81.1 Å². The third-order valence-electron chi connectivity index (χ3n) is 4.69. The van der Waals surface area contributed by atoms with Gasteiger partial charge in [0.1, 0.15) is 17.3 Å². The number of nitrogens with one attached hydrogen (secondary N) is 1. The molecule has 0 fully saturated rings. The van der Waals surface area contributed by atoms with Gasteiger partial charge in [-0.3, -0.25) is 4.79 Å². The lowest BCUT2D eigenvalue weighted by molar-refractivity contribution is 0.102. The van der Waals surface area contributed by atoms with Gasteiger partial charge < -0.3 is 5.32 Å². The van der Waals surface area contributed by atoms with E-state index < -0.39 is 27.4 Å². The van der Waals surface area contributed by atoms with E-state index >= 15 is 0 Å². The van der Waals surface area contributed by atoms with Crippen LogP contribution in [0.4, 0.5) is 14.5 Å². The van der Waals surface area contributed by atoms with Gasteiger partial charge in [0.2, 0.25) is 0 Å². The van der Waals surface area contributed by atoms with Crippen molar-refractivity contribution in [1.82, 2.24) is 9.78 Å². The Morgan fingerprint density at radius 1 is 0.938 bits per heavy atom. The molecule has 0 atom stereocenters. The molecule has 9 heteroatoms. The Morgan fingerprint density at radius 2 is 1.62 bits per heavy atom. The van der Waals surface area contributed by atoms with Crippen LogP contribution in [0.25, 0.3) is 16.9 Å². The standard InChI is InChI=1S/C23H17F2N3O3S/c1-32(30,31)20-11-5-15(6-12-20)22-21(23(29)26-18-4-2-3-17(25)13-18)14-28(27-22)19-9-7-16(24)8-10-19/h2-14H,1H3,(H,26,29). The zero-order valence-electron chi connectivity index (χ0n) is 16.8. The van der Waals surface area contributed by atoms with Crippen LogP contribution >= 0.6 is 0 Å². The van der Waals surface area contributed by atoms with E-state index in [9.17, 15) is 22.0 Å². The SMILES string of the molecule is CS(=O)(=O)c1ccc(-c2nn(-c3ccc(F)cc3)cc2C(=O)Nc2cccc(F)c2)cc1. The summed E-state index contributed by atoms with van der Waals surface area (Å²) < 4.78 is 51.8. The van der Waals surface area contributed by atoms with E-state index in [0.717, 1.165) is 6.26 Å². The molecule has 0 aliphatic carbocycles. The zero-order valence-corrected chi connectivity index (χ0v) is 17.6. The van der Waals surface area contributed by atoms with Gasteiger partial charge in [-0.25, -0.2) is 21.9 Å². The van der Waals surface area contributed by atoms with E-state index in [1.165, 1.54) is 65.5 Å². The highest BCUT2D eigenvalue weighted by atomic mass is 32.2. The molecule has 0 aliphatic heterocycles. The highest BCUT2D eigenvalue weighted by molar-refractivity contribution is 7.90. The molecule has 0 radical (unpaired) electrons. The number of carbonyl (C=O) groups excluding carboxylic acids is 1. The van der Waals surface area contributed by atoms with Crippen LogP contribution in [0.2, 0.25) is 0 Å². The molecule has 0 saturated heterocycles. The van der Waals surface area contributed by atoms with Crippen molar-refractivity contribution < 1.29 is 22.0 Å². The predicted molar refractivity (Wildman–Crippen MR) is 116 cm³/mol. The number of halogens is 2. The monoisotopic (exact) mass is 453 g/mol. The van der Waals surface area contributed by atoms with E-state index in [4.69, 9.17) is 0 Å². The maximum atomic E-state index is 13.5. The van der Waals surface area contributed by atoms with Crippen LogP contribution in [0.1, 0.15) is 10.4 Å². The van der Waals surface area contributed by atoms with Crippen LogP contribution in [0, 0.1) is 11.6 Å². The molecule has 0 spiro atoms. The summed E-state index contributed by atoms with van der Waals surface area (Å²) >= 11 is 0. The van der Waals surface area contributed by atoms with Crippen LogP contribution < -0.4 is 5.32 Å². The Balaban J connectivity index is 1.78. The number of hydrogen-bond donors (Lipinski definition) is 1. The van der Waals surface area contributed by atoms with Gasteiger partial charge in [0.25, 0.3) is 5.91 Å². The minimum Gasteiger partial charge on any atom is -0.322 e. The highest BCUT2D eigenvalue weighted by Gasteiger charge is 2.20. The quantitative estimate of drug-likeness (QED) is 0.483. The van der Waals surface area contributed by atoms with Gasteiger partial charge in [0.05, 0.1) is 16.1 Å². The molecule has 3 aromatic carbocycles. The molecule has 32 heavy (non-hydrogen) atoms. The van der Waals surface area contributed by atoms with Crippen LogP contribution in [-0.2, 0) is 9.84 Å². The first-order valence-corrected chi connectivity index (χ1v) is 11.3. The van der Waals surface area contributed by atoms with Crippen LogP contribution in [-0.4, -0.2) is 30.4 Å². The number of rotatable bonds is 5. The summed E-state index contributed by atoms with van der Waals surface area (Å²) in [7, 11) is -3.39. The van der Waals surface area contributed by atoms with Crippen molar-refractivity contribution in [2.24, 2.45) is 0 Å². The second kappa shape index (κ2) is 8.35. The molecule has 1 N–H and O–H groups in total. The summed E-state index contributed by atoms with van der Waals surface area (Å²) in [6.07, 6.45) is 2.57. The Morgan fingerprint density at radius 3 is 2.25 bits per heavy atom. The molecule has 0 saturated carbocycles. The third-order valence-corrected chi connectivity index (χ3v) is 5.82. The van der Waals surface area contributed by atoms with Crippen molar-refractivity contribution in [2.45, 2.75) is 4.90 Å². The number of nitrogens with zero attached hydrogens (tertiary/aromatic N) is 2. The maximum absolute atomic E-state index is 13.5. The van der Waals surface area contributed by atoms with Gasteiger partial charge in [0, 0.05) is 23.7 Å². The summed E-state index contributed by atoms with van der Waals surface area (Å²) in [5, 5.41) is 7.09. The molecule has 0 bridgehead atoms. The fourth-order valence-electron chi connectivity index (χ4n) is 3.10. The summed E-state index contributed by atoms with van der Waals surface area (Å²) in [5.74, 6) is -1.45. The Labute approximate surface area is 183 Å². The molecule has 0 aliphatic rings. The Bertz CT molecular complexity index is 1400. The third kappa shape index (κ3) is 4.57. The van der Waals surface area contributed by atoms with Gasteiger partial charge in [0.15, 0.2) is 9.84 Å². The highest BCUT2D eigenvalue weighted by Crippen LogP contribution is 2.26. The minimum absolute atomic E-state index is 0.130. The molecular weight excluding hydrogens is 436 g/mol. The van der Waals surface area contributed by atoms with Gasteiger partial charge >= 0.3 is 0 Å². The van der Waals surface area contributed by atoms with Crippen molar-refractivity contribution in [3.63, 3.8) is 0 Å². The summed E-state index contributed by atoms with van der Waals surface area (Å²) in [6.45, 7) is 0. The van der Waals surface area contributed by atoms with Crippen LogP contribution in [0.15, 0.2) is 83.9 Å². The normalized spacial score (nSPS) is 11.3. The number of amides is 1. The van der Waals surface area contributed by atoms with E-state index in [1.54, 1.807) is 18.2 Å². The fourth-order valence-corrected chi connectivity index (χ4v) is 3.73. The molecule has 162 valence electrons. The van der Waals surface area contributed by atoms with Crippen molar-refractivity contribution in [3.05, 3.63) is 96.2 Å². The van der Waals surface area contributed by atoms with E-state index in [2.05, 4.69) is 10.4 Å². The van der Waals surface area contributed by atoms with E-state index in [-0.39, 0.29) is 21.8 Å². The molecular formula is C23H17F2N3O3S. The molecule has 0 unspecified atom stereocenters. The van der Waals surface area contributed by atoms with Gasteiger partial charge in [-0.05, 0) is 54.6 Å². The Kier molecular flexibility index (Phi) is 5.58. The molecule has 1 amide bonds. The van der Waals surface area contributed by atoms with Crippen LogP contribution in [0.3, 0.4) is 0 Å². The number of carbonyl (C=O) groups is 1. The summed E-state index contributed by atoms with van der Waals surface area (Å²) in [4.78, 5) is 13.1. The lowest BCUT2D eigenvalue weighted by Crippen LogP contribution is -2.12. The average Bonchev–Trinajstić information content (AvgIpc) is 3.19. The van der Waals surface area contributed by atoms with Crippen molar-refractivity contribution in [3.8, 4) is 16.9 Å². The summed E-state index contributed by atoms with van der Waals surface area (Å²) in [5.41, 5.74) is 1.74. The average molecular weight is 453 g/mol. The fraction of sp³-hybridized carbons (Fsp3) is 0.0435. The second-order valence-electron chi connectivity index (χ2n) is 7.07. The van der Waals surface area contributed by atoms with Gasteiger partial charge in [-0.1, -0.05) is 18.2 Å².